The Labute approximate surface area is 171 Å². The number of benzene rings is 2. The average molecular weight is 444 g/mol. The molecule has 0 bridgehead atoms. The number of H-pyrrole nitrogens is 1. The minimum Gasteiger partial charge on any atom is -0.445 e. The highest BCUT2D eigenvalue weighted by Gasteiger charge is 2.20. The van der Waals surface area contributed by atoms with Crippen molar-refractivity contribution in [2.24, 2.45) is 5.92 Å². The summed E-state index contributed by atoms with van der Waals surface area (Å²) in [5.41, 5.74) is 1.24. The molecule has 146 valence electrons. The van der Waals surface area contributed by atoms with Crippen LogP contribution in [0.2, 0.25) is 0 Å². The first-order chi connectivity index (χ1) is 13.4. The number of aromatic amines is 1. The number of nitrogens with one attached hydrogen (secondary N) is 2. The van der Waals surface area contributed by atoms with Crippen molar-refractivity contribution in [2.75, 3.05) is 0 Å². The summed E-state index contributed by atoms with van der Waals surface area (Å²) in [6, 6.07) is 14.3. The first kappa shape index (κ1) is 20.1. The topological polar surface area (TPSA) is 84.1 Å². The second-order valence-electron chi connectivity index (χ2n) is 7.00. The predicted octanol–water partition coefficient (Wildman–Crippen LogP) is 4.70. The van der Waals surface area contributed by atoms with E-state index < -0.39 is 12.1 Å². The Balaban J connectivity index is 1.79. The van der Waals surface area contributed by atoms with Crippen LogP contribution in [0.1, 0.15) is 37.7 Å². The minimum atomic E-state index is -0.548. The molecular formula is C21H22BrN3O3. The van der Waals surface area contributed by atoms with Crippen LogP contribution in [0.4, 0.5) is 4.79 Å². The highest BCUT2D eigenvalue weighted by Crippen LogP contribution is 2.21. The number of carbonyl (C=O) groups is 1. The molecule has 0 aliphatic heterocycles. The third-order valence-electron chi connectivity index (χ3n) is 4.23. The number of aromatic nitrogens is 2. The van der Waals surface area contributed by atoms with E-state index in [2.05, 4.69) is 31.2 Å². The molecule has 0 saturated heterocycles. The Morgan fingerprint density at radius 3 is 2.68 bits per heavy atom. The Morgan fingerprint density at radius 2 is 1.96 bits per heavy atom. The van der Waals surface area contributed by atoms with Crippen LogP contribution in [0, 0.1) is 5.92 Å². The highest BCUT2D eigenvalue weighted by atomic mass is 79.9. The number of halogens is 1. The highest BCUT2D eigenvalue weighted by molar-refractivity contribution is 9.10. The summed E-state index contributed by atoms with van der Waals surface area (Å²) in [6.45, 7) is 4.26. The monoisotopic (exact) mass is 443 g/mol. The van der Waals surface area contributed by atoms with Gasteiger partial charge in [0.2, 0.25) is 0 Å². The molecule has 3 aromatic rings. The van der Waals surface area contributed by atoms with E-state index in [4.69, 9.17) is 4.74 Å². The van der Waals surface area contributed by atoms with Crippen molar-refractivity contribution < 1.29 is 9.53 Å². The standard InChI is InChI=1S/C21H22BrN3O3/c1-13(2)10-18(24-21(27)28-12-14-6-4-3-5-7-14)19-23-17-9-8-15(22)11-16(17)20(26)25-19/h3-9,11,13,18H,10,12H2,1-2H3,(H,24,27)(H,23,25,26). The summed E-state index contributed by atoms with van der Waals surface area (Å²) in [4.78, 5) is 32.2. The van der Waals surface area contributed by atoms with Gasteiger partial charge in [0.05, 0.1) is 16.9 Å². The lowest BCUT2D eigenvalue weighted by atomic mass is 10.0. The molecule has 0 fully saturated rings. The molecule has 3 rings (SSSR count). The molecule has 1 unspecified atom stereocenters. The largest absolute Gasteiger partial charge is 0.445 e. The van der Waals surface area contributed by atoms with Crippen molar-refractivity contribution in [1.29, 1.82) is 0 Å². The van der Waals surface area contributed by atoms with Crippen LogP contribution in [0.3, 0.4) is 0 Å². The van der Waals surface area contributed by atoms with Gasteiger partial charge < -0.3 is 15.0 Å². The summed E-state index contributed by atoms with van der Waals surface area (Å²) in [5, 5.41) is 3.33. The van der Waals surface area contributed by atoms with Gasteiger partial charge in [-0.25, -0.2) is 9.78 Å². The van der Waals surface area contributed by atoms with Crippen LogP contribution in [-0.2, 0) is 11.3 Å². The third kappa shape index (κ3) is 5.19. The number of hydrogen-bond acceptors (Lipinski definition) is 4. The maximum Gasteiger partial charge on any atom is 0.408 e. The maximum absolute atomic E-state index is 12.5. The van der Waals surface area contributed by atoms with Gasteiger partial charge in [-0.05, 0) is 36.1 Å². The van der Waals surface area contributed by atoms with E-state index >= 15 is 0 Å². The molecule has 0 aliphatic carbocycles. The normalized spacial score (nSPS) is 12.1. The van der Waals surface area contributed by atoms with E-state index in [1.165, 1.54) is 0 Å². The Hall–Kier alpha value is -2.67. The van der Waals surface area contributed by atoms with Crippen molar-refractivity contribution in [3.05, 3.63) is 74.7 Å². The van der Waals surface area contributed by atoms with E-state index in [9.17, 15) is 9.59 Å². The number of nitrogens with zero attached hydrogens (tertiary/aromatic N) is 1. The molecule has 1 heterocycles. The zero-order valence-corrected chi connectivity index (χ0v) is 17.3. The SMILES string of the molecule is CC(C)CC(NC(=O)OCc1ccccc1)c1nc2ccc(Br)cc2c(=O)[nH]1. The fourth-order valence-corrected chi connectivity index (χ4v) is 3.27. The number of carbonyl (C=O) groups excluding carboxylic acids is 1. The van der Waals surface area contributed by atoms with Gasteiger partial charge in [-0.15, -0.1) is 0 Å². The first-order valence-corrected chi connectivity index (χ1v) is 9.88. The molecule has 1 amide bonds. The Bertz CT molecular complexity index is 1020. The van der Waals surface area contributed by atoms with Crippen molar-refractivity contribution >= 4 is 32.9 Å². The zero-order chi connectivity index (χ0) is 20.1. The molecule has 28 heavy (non-hydrogen) atoms. The summed E-state index contributed by atoms with van der Waals surface area (Å²) < 4.78 is 6.13. The maximum atomic E-state index is 12.5. The molecule has 0 aliphatic rings. The second kappa shape index (κ2) is 9.01. The molecule has 2 N–H and O–H groups in total. The fraction of sp³-hybridized carbons (Fsp3) is 0.286. The van der Waals surface area contributed by atoms with Crippen molar-refractivity contribution in [3.8, 4) is 0 Å². The van der Waals surface area contributed by atoms with Gasteiger partial charge in [0.25, 0.3) is 5.56 Å². The smallest absolute Gasteiger partial charge is 0.408 e. The molecule has 1 atom stereocenters. The molecule has 0 radical (unpaired) electrons. The third-order valence-corrected chi connectivity index (χ3v) is 4.72. The van der Waals surface area contributed by atoms with Crippen molar-refractivity contribution in [3.63, 3.8) is 0 Å². The van der Waals surface area contributed by atoms with Gasteiger partial charge in [0, 0.05) is 4.47 Å². The van der Waals surface area contributed by atoms with Gasteiger partial charge in [0.15, 0.2) is 0 Å². The van der Waals surface area contributed by atoms with Gasteiger partial charge in [0.1, 0.15) is 12.4 Å². The van der Waals surface area contributed by atoms with Crippen LogP contribution in [0.25, 0.3) is 10.9 Å². The van der Waals surface area contributed by atoms with Gasteiger partial charge in [-0.2, -0.15) is 0 Å². The minimum absolute atomic E-state index is 0.177. The predicted molar refractivity (Wildman–Crippen MR) is 112 cm³/mol. The number of amides is 1. The summed E-state index contributed by atoms with van der Waals surface area (Å²) in [5.74, 6) is 0.704. The number of alkyl carbamates (subject to hydrolysis) is 1. The number of hydrogen-bond donors (Lipinski definition) is 2. The molecule has 0 spiro atoms. The van der Waals surface area contributed by atoms with Crippen molar-refractivity contribution in [2.45, 2.75) is 32.9 Å². The van der Waals surface area contributed by atoms with E-state index in [0.29, 0.717) is 23.1 Å². The quantitative estimate of drug-likeness (QED) is 0.578. The van der Waals surface area contributed by atoms with E-state index in [1.54, 1.807) is 12.1 Å². The lowest BCUT2D eigenvalue weighted by molar-refractivity contribution is 0.133. The first-order valence-electron chi connectivity index (χ1n) is 9.09. The second-order valence-corrected chi connectivity index (χ2v) is 7.92. The van der Waals surface area contributed by atoms with Gasteiger partial charge >= 0.3 is 6.09 Å². The number of fused-ring (bicyclic) bond motifs is 1. The van der Waals surface area contributed by atoms with Crippen LogP contribution >= 0.6 is 15.9 Å². The lowest BCUT2D eigenvalue weighted by Crippen LogP contribution is -2.32. The molecule has 0 saturated carbocycles. The molecule has 2 aromatic carbocycles. The van der Waals surface area contributed by atoms with Crippen LogP contribution in [0.15, 0.2) is 57.8 Å². The summed E-state index contributed by atoms with van der Waals surface area (Å²) in [6.07, 6.45) is 0.0684. The van der Waals surface area contributed by atoms with E-state index in [-0.39, 0.29) is 18.1 Å². The summed E-state index contributed by atoms with van der Waals surface area (Å²) >= 11 is 3.36. The van der Waals surface area contributed by atoms with E-state index in [1.807, 2.05) is 50.2 Å². The zero-order valence-electron chi connectivity index (χ0n) is 15.7. The molecule has 7 heteroatoms. The molecule has 6 nitrogen and oxygen atoms in total. The van der Waals surface area contributed by atoms with Crippen LogP contribution < -0.4 is 10.9 Å². The van der Waals surface area contributed by atoms with Crippen LogP contribution in [-0.4, -0.2) is 16.1 Å². The lowest BCUT2D eigenvalue weighted by Gasteiger charge is -2.20. The Morgan fingerprint density at radius 1 is 1.21 bits per heavy atom. The molecular weight excluding hydrogens is 422 g/mol. The van der Waals surface area contributed by atoms with Gasteiger partial charge in [-0.1, -0.05) is 60.1 Å². The van der Waals surface area contributed by atoms with E-state index in [0.717, 1.165) is 10.0 Å². The number of ether oxygens (including phenoxy) is 1. The Kier molecular flexibility index (Phi) is 6.46. The number of rotatable bonds is 6. The molecule has 1 aromatic heterocycles. The average Bonchev–Trinajstić information content (AvgIpc) is 2.67. The van der Waals surface area contributed by atoms with Crippen molar-refractivity contribution in [1.82, 2.24) is 15.3 Å². The summed E-state index contributed by atoms with van der Waals surface area (Å²) in [7, 11) is 0. The van der Waals surface area contributed by atoms with Gasteiger partial charge in [-0.3, -0.25) is 4.79 Å². The van der Waals surface area contributed by atoms with Crippen LogP contribution in [0.5, 0.6) is 0 Å². The fourth-order valence-electron chi connectivity index (χ4n) is 2.91.